The molecule has 1 saturated heterocycles. The predicted molar refractivity (Wildman–Crippen MR) is 113 cm³/mol. The first-order valence-corrected chi connectivity index (χ1v) is 10.1. The predicted octanol–water partition coefficient (Wildman–Crippen LogP) is 2.69. The summed E-state index contributed by atoms with van der Waals surface area (Å²) in [6.07, 6.45) is 3.78. The number of nitrogens with zero attached hydrogens (tertiary/aromatic N) is 2. The number of pyridine rings is 1. The van der Waals surface area contributed by atoms with Gasteiger partial charge in [0.25, 0.3) is 5.56 Å². The molecule has 3 rings (SSSR count). The number of anilines is 1. The lowest BCUT2D eigenvalue weighted by Gasteiger charge is -2.34. The van der Waals surface area contributed by atoms with Crippen molar-refractivity contribution in [3.8, 4) is 0 Å². The van der Waals surface area contributed by atoms with Gasteiger partial charge in [0, 0.05) is 32.4 Å². The van der Waals surface area contributed by atoms with Gasteiger partial charge in [0.2, 0.25) is 5.91 Å². The molecular weight excluding hydrogens is 368 g/mol. The first kappa shape index (κ1) is 20.6. The molecule has 1 aliphatic rings. The second kappa shape index (κ2) is 9.41. The van der Waals surface area contributed by atoms with Crippen LogP contribution in [-0.2, 0) is 11.8 Å². The molecule has 0 spiro atoms. The van der Waals surface area contributed by atoms with E-state index >= 15 is 0 Å². The molecule has 1 aromatic carbocycles. The van der Waals surface area contributed by atoms with Crippen molar-refractivity contribution < 1.29 is 9.59 Å². The van der Waals surface area contributed by atoms with Gasteiger partial charge < -0.3 is 20.1 Å². The summed E-state index contributed by atoms with van der Waals surface area (Å²) in [4.78, 5) is 39.1. The second-order valence-corrected chi connectivity index (χ2v) is 7.41. The van der Waals surface area contributed by atoms with E-state index in [1.807, 2.05) is 42.2 Å². The Morgan fingerprint density at radius 2 is 1.79 bits per heavy atom. The van der Waals surface area contributed by atoms with Crippen LogP contribution in [0.25, 0.3) is 0 Å². The summed E-state index contributed by atoms with van der Waals surface area (Å²) < 4.78 is 1.41. The Balaban J connectivity index is 1.52. The number of rotatable bonds is 5. The van der Waals surface area contributed by atoms with Gasteiger partial charge in [0.05, 0.1) is 5.92 Å². The third kappa shape index (κ3) is 5.04. The highest BCUT2D eigenvalue weighted by molar-refractivity contribution is 5.89. The fraction of sp³-hybridized carbons (Fsp3) is 0.409. The van der Waals surface area contributed by atoms with Gasteiger partial charge in [-0.3, -0.25) is 9.59 Å². The molecule has 1 aromatic heterocycles. The molecule has 3 amide bonds. The van der Waals surface area contributed by atoms with Gasteiger partial charge in [0.15, 0.2) is 0 Å². The Morgan fingerprint density at radius 3 is 2.45 bits per heavy atom. The number of urea groups is 1. The number of piperidine rings is 1. The van der Waals surface area contributed by atoms with E-state index in [-0.39, 0.29) is 29.1 Å². The maximum Gasteiger partial charge on any atom is 0.319 e. The minimum Gasteiger partial charge on any atom is -0.342 e. The van der Waals surface area contributed by atoms with E-state index in [1.165, 1.54) is 4.57 Å². The molecule has 29 heavy (non-hydrogen) atoms. The molecule has 7 heteroatoms. The van der Waals surface area contributed by atoms with Crippen molar-refractivity contribution in [3.63, 3.8) is 0 Å². The first-order valence-electron chi connectivity index (χ1n) is 10.1. The topological polar surface area (TPSA) is 83.4 Å². The highest BCUT2D eigenvalue weighted by atomic mass is 16.2. The lowest BCUT2D eigenvalue weighted by atomic mass is 9.93. The molecule has 7 nitrogen and oxygen atoms in total. The standard InChI is InChI=1S/C22H28N4O3/c1-3-18(16-8-5-4-6-9-16)20(27)26-14-11-17(12-15-26)23-22(29)24-19-10-7-13-25(2)21(19)28/h4-10,13,17-18H,3,11-12,14-15H2,1-2H3,(H2,23,24,29). The van der Waals surface area contributed by atoms with E-state index in [4.69, 9.17) is 0 Å². The van der Waals surface area contributed by atoms with E-state index in [0.717, 1.165) is 12.0 Å². The summed E-state index contributed by atoms with van der Waals surface area (Å²) in [7, 11) is 1.64. The van der Waals surface area contributed by atoms with E-state index < -0.39 is 6.03 Å². The molecule has 2 heterocycles. The molecule has 1 atom stereocenters. The van der Waals surface area contributed by atoms with Crippen LogP contribution >= 0.6 is 0 Å². The maximum absolute atomic E-state index is 13.0. The van der Waals surface area contributed by atoms with Crippen LogP contribution in [0, 0.1) is 0 Å². The zero-order valence-corrected chi connectivity index (χ0v) is 16.9. The summed E-state index contributed by atoms with van der Waals surface area (Å²) in [6, 6.07) is 12.7. The Kier molecular flexibility index (Phi) is 6.69. The smallest absolute Gasteiger partial charge is 0.319 e. The molecule has 0 saturated carbocycles. The molecule has 1 aliphatic heterocycles. The first-order chi connectivity index (χ1) is 14.0. The largest absolute Gasteiger partial charge is 0.342 e. The minimum atomic E-state index is -0.395. The number of aryl methyl sites for hydroxylation is 1. The zero-order chi connectivity index (χ0) is 20.8. The summed E-state index contributed by atoms with van der Waals surface area (Å²) in [5, 5.41) is 5.53. The van der Waals surface area contributed by atoms with Crippen LogP contribution in [0.2, 0.25) is 0 Å². The molecule has 0 aliphatic carbocycles. The van der Waals surface area contributed by atoms with Crippen LogP contribution in [0.5, 0.6) is 0 Å². The lowest BCUT2D eigenvalue weighted by molar-refractivity contribution is -0.134. The van der Waals surface area contributed by atoms with Crippen molar-refractivity contribution >= 4 is 17.6 Å². The number of benzene rings is 1. The van der Waals surface area contributed by atoms with Crippen molar-refractivity contribution in [2.45, 2.75) is 38.1 Å². The maximum atomic E-state index is 13.0. The molecule has 0 bridgehead atoms. The third-order valence-corrected chi connectivity index (χ3v) is 5.42. The molecule has 0 radical (unpaired) electrons. The fourth-order valence-corrected chi connectivity index (χ4v) is 3.74. The van der Waals surface area contributed by atoms with Gasteiger partial charge in [-0.05, 0) is 37.0 Å². The van der Waals surface area contributed by atoms with Gasteiger partial charge in [-0.15, -0.1) is 0 Å². The Labute approximate surface area is 170 Å². The van der Waals surface area contributed by atoms with Crippen LogP contribution in [0.3, 0.4) is 0 Å². The minimum absolute atomic E-state index is 0.0246. The number of hydrogen-bond donors (Lipinski definition) is 2. The van der Waals surface area contributed by atoms with Gasteiger partial charge in [0.1, 0.15) is 5.69 Å². The molecule has 154 valence electrons. The SMILES string of the molecule is CCC(C(=O)N1CCC(NC(=O)Nc2cccn(C)c2=O)CC1)c1ccccc1. The monoisotopic (exact) mass is 396 g/mol. The highest BCUT2D eigenvalue weighted by Crippen LogP contribution is 2.24. The van der Waals surface area contributed by atoms with E-state index in [2.05, 4.69) is 10.6 Å². The fourth-order valence-electron chi connectivity index (χ4n) is 3.74. The number of aromatic nitrogens is 1. The normalized spacial score (nSPS) is 15.6. The van der Waals surface area contributed by atoms with Crippen molar-refractivity contribution in [1.82, 2.24) is 14.8 Å². The number of nitrogens with one attached hydrogen (secondary N) is 2. The molecule has 2 N–H and O–H groups in total. The number of carbonyl (C=O) groups is 2. The van der Waals surface area contributed by atoms with Crippen LogP contribution in [0.1, 0.15) is 37.7 Å². The average molecular weight is 396 g/mol. The molecular formula is C22H28N4O3. The van der Waals surface area contributed by atoms with Gasteiger partial charge >= 0.3 is 6.03 Å². The Bertz CT molecular complexity index is 902. The number of hydrogen-bond acceptors (Lipinski definition) is 3. The average Bonchev–Trinajstić information content (AvgIpc) is 2.73. The van der Waals surface area contributed by atoms with Crippen LogP contribution in [-0.4, -0.2) is 40.5 Å². The highest BCUT2D eigenvalue weighted by Gasteiger charge is 2.28. The Morgan fingerprint density at radius 1 is 1.10 bits per heavy atom. The van der Waals surface area contributed by atoms with Crippen molar-refractivity contribution in [2.24, 2.45) is 7.05 Å². The molecule has 2 aromatic rings. The van der Waals surface area contributed by atoms with Crippen molar-refractivity contribution in [2.75, 3.05) is 18.4 Å². The van der Waals surface area contributed by atoms with Gasteiger partial charge in [-0.1, -0.05) is 37.3 Å². The van der Waals surface area contributed by atoms with Gasteiger partial charge in [-0.2, -0.15) is 0 Å². The number of carbonyl (C=O) groups excluding carboxylic acids is 2. The quantitative estimate of drug-likeness (QED) is 0.815. The van der Waals surface area contributed by atoms with E-state index in [0.29, 0.717) is 25.9 Å². The molecule has 1 fully saturated rings. The van der Waals surface area contributed by atoms with Crippen LogP contribution in [0.15, 0.2) is 53.5 Å². The van der Waals surface area contributed by atoms with Gasteiger partial charge in [-0.25, -0.2) is 4.79 Å². The van der Waals surface area contributed by atoms with Crippen LogP contribution in [0.4, 0.5) is 10.5 Å². The summed E-state index contributed by atoms with van der Waals surface area (Å²) in [5.41, 5.74) is 1.03. The summed E-state index contributed by atoms with van der Waals surface area (Å²) in [5.74, 6) is 0.0210. The molecule has 1 unspecified atom stereocenters. The summed E-state index contributed by atoms with van der Waals surface area (Å²) >= 11 is 0. The van der Waals surface area contributed by atoms with E-state index in [9.17, 15) is 14.4 Å². The number of amides is 3. The number of likely N-dealkylation sites (tertiary alicyclic amines) is 1. The lowest BCUT2D eigenvalue weighted by Crippen LogP contribution is -2.48. The van der Waals surface area contributed by atoms with Crippen molar-refractivity contribution in [3.05, 3.63) is 64.6 Å². The zero-order valence-electron chi connectivity index (χ0n) is 16.9. The Hall–Kier alpha value is -3.09. The van der Waals surface area contributed by atoms with Crippen molar-refractivity contribution in [1.29, 1.82) is 0 Å². The van der Waals surface area contributed by atoms with Crippen LogP contribution < -0.4 is 16.2 Å². The van der Waals surface area contributed by atoms with E-state index in [1.54, 1.807) is 25.4 Å². The second-order valence-electron chi connectivity index (χ2n) is 7.41. The summed E-state index contributed by atoms with van der Waals surface area (Å²) in [6.45, 7) is 3.25. The third-order valence-electron chi connectivity index (χ3n) is 5.42.